The summed E-state index contributed by atoms with van der Waals surface area (Å²) >= 11 is 0. The Morgan fingerprint density at radius 2 is 1.50 bits per heavy atom. The SMILES string of the molecule is COC(=O)c1ccc(C(=O)OC)c(NC(=O)c2ccc([N+](=O)[O-])cc2)c1. The number of carbonyl (C=O) groups is 3. The summed E-state index contributed by atoms with van der Waals surface area (Å²) in [6.45, 7) is 0. The highest BCUT2D eigenvalue weighted by molar-refractivity contribution is 6.09. The van der Waals surface area contributed by atoms with Crippen molar-refractivity contribution in [1.82, 2.24) is 0 Å². The molecule has 0 aromatic heterocycles. The van der Waals surface area contributed by atoms with E-state index in [0.717, 1.165) is 0 Å². The standard InChI is InChI=1S/C17H14N2O7/c1-25-16(21)11-5-8-13(17(22)26-2)14(9-11)18-15(20)10-3-6-12(7-4-10)19(23)24/h3-9H,1-2H3,(H,18,20). The quantitative estimate of drug-likeness (QED) is 0.494. The van der Waals surface area contributed by atoms with Crippen LogP contribution in [0.15, 0.2) is 42.5 Å². The topological polar surface area (TPSA) is 125 Å². The number of hydrogen-bond donors (Lipinski definition) is 1. The van der Waals surface area contributed by atoms with Crippen molar-refractivity contribution in [2.24, 2.45) is 0 Å². The van der Waals surface area contributed by atoms with Crippen LogP contribution in [0.4, 0.5) is 11.4 Å². The molecule has 0 aliphatic carbocycles. The molecule has 0 bridgehead atoms. The summed E-state index contributed by atoms with van der Waals surface area (Å²) in [6, 6.07) is 8.87. The maximum atomic E-state index is 12.4. The number of anilines is 1. The van der Waals surface area contributed by atoms with Gasteiger partial charge in [-0.15, -0.1) is 0 Å². The molecule has 26 heavy (non-hydrogen) atoms. The number of nitro benzene ring substituents is 1. The largest absolute Gasteiger partial charge is 0.465 e. The van der Waals surface area contributed by atoms with E-state index in [1.807, 2.05) is 0 Å². The van der Waals surface area contributed by atoms with Gasteiger partial charge in [-0.05, 0) is 30.3 Å². The number of hydrogen-bond acceptors (Lipinski definition) is 7. The zero-order valence-corrected chi connectivity index (χ0v) is 13.8. The van der Waals surface area contributed by atoms with Crippen molar-refractivity contribution in [1.29, 1.82) is 0 Å². The van der Waals surface area contributed by atoms with Gasteiger partial charge in [-0.2, -0.15) is 0 Å². The monoisotopic (exact) mass is 358 g/mol. The number of non-ortho nitro benzene ring substituents is 1. The summed E-state index contributed by atoms with van der Waals surface area (Å²) in [5, 5.41) is 13.2. The van der Waals surface area contributed by atoms with Crippen LogP contribution in [0, 0.1) is 10.1 Å². The number of nitro groups is 1. The van der Waals surface area contributed by atoms with Gasteiger partial charge in [0.1, 0.15) is 0 Å². The second-order valence-corrected chi connectivity index (χ2v) is 5.00. The Hall–Kier alpha value is -3.75. The Morgan fingerprint density at radius 3 is 2.04 bits per heavy atom. The first-order chi connectivity index (χ1) is 12.4. The van der Waals surface area contributed by atoms with Crippen LogP contribution >= 0.6 is 0 Å². The minimum atomic E-state index is -0.708. The predicted molar refractivity (Wildman–Crippen MR) is 90.2 cm³/mol. The fourth-order valence-corrected chi connectivity index (χ4v) is 2.11. The van der Waals surface area contributed by atoms with E-state index in [1.54, 1.807) is 0 Å². The third-order valence-electron chi connectivity index (χ3n) is 3.43. The van der Waals surface area contributed by atoms with Crippen molar-refractivity contribution in [3.8, 4) is 0 Å². The molecule has 0 saturated carbocycles. The van der Waals surface area contributed by atoms with Crippen LogP contribution in [0.5, 0.6) is 0 Å². The molecule has 0 atom stereocenters. The van der Waals surface area contributed by atoms with Crippen LogP contribution in [0.3, 0.4) is 0 Å². The van der Waals surface area contributed by atoms with Gasteiger partial charge < -0.3 is 14.8 Å². The molecule has 0 fully saturated rings. The summed E-state index contributed by atoms with van der Waals surface area (Å²) in [6.07, 6.45) is 0. The van der Waals surface area contributed by atoms with Crippen LogP contribution in [-0.4, -0.2) is 37.0 Å². The summed E-state index contributed by atoms with van der Waals surface area (Å²) in [4.78, 5) is 46.0. The number of methoxy groups -OCH3 is 2. The van der Waals surface area contributed by atoms with Gasteiger partial charge in [0.2, 0.25) is 0 Å². The molecule has 0 unspecified atom stereocenters. The van der Waals surface area contributed by atoms with E-state index < -0.39 is 22.8 Å². The second-order valence-electron chi connectivity index (χ2n) is 5.00. The first-order valence-electron chi connectivity index (χ1n) is 7.24. The molecular weight excluding hydrogens is 344 g/mol. The molecule has 2 aromatic rings. The van der Waals surface area contributed by atoms with E-state index in [0.29, 0.717) is 0 Å². The van der Waals surface area contributed by atoms with E-state index in [4.69, 9.17) is 0 Å². The van der Waals surface area contributed by atoms with E-state index >= 15 is 0 Å². The fraction of sp³-hybridized carbons (Fsp3) is 0.118. The Morgan fingerprint density at radius 1 is 0.923 bits per heavy atom. The smallest absolute Gasteiger partial charge is 0.339 e. The number of nitrogens with zero attached hydrogens (tertiary/aromatic N) is 1. The Kier molecular flexibility index (Phi) is 5.63. The van der Waals surface area contributed by atoms with Gasteiger partial charge in [0.15, 0.2) is 0 Å². The highest BCUT2D eigenvalue weighted by atomic mass is 16.6. The molecule has 9 nitrogen and oxygen atoms in total. The number of esters is 2. The van der Waals surface area contributed by atoms with Crippen LogP contribution in [0.1, 0.15) is 31.1 Å². The van der Waals surface area contributed by atoms with Crippen molar-refractivity contribution < 1.29 is 28.8 Å². The first kappa shape index (κ1) is 18.6. The van der Waals surface area contributed by atoms with Gasteiger partial charge in [0.05, 0.1) is 36.0 Å². The number of ether oxygens (including phenoxy) is 2. The molecule has 1 N–H and O–H groups in total. The molecule has 0 heterocycles. The Labute approximate surface area is 147 Å². The van der Waals surface area contributed by atoms with Crippen molar-refractivity contribution in [3.63, 3.8) is 0 Å². The highest BCUT2D eigenvalue weighted by Crippen LogP contribution is 2.21. The van der Waals surface area contributed by atoms with Crippen LogP contribution in [0.25, 0.3) is 0 Å². The zero-order chi connectivity index (χ0) is 19.3. The molecule has 2 rings (SSSR count). The lowest BCUT2D eigenvalue weighted by Crippen LogP contribution is -2.16. The average molecular weight is 358 g/mol. The van der Waals surface area contributed by atoms with Crippen LogP contribution < -0.4 is 5.32 Å². The molecule has 2 aromatic carbocycles. The molecule has 0 saturated heterocycles. The van der Waals surface area contributed by atoms with E-state index in [9.17, 15) is 24.5 Å². The molecule has 0 aliphatic heterocycles. The van der Waals surface area contributed by atoms with Crippen LogP contribution in [0.2, 0.25) is 0 Å². The maximum absolute atomic E-state index is 12.4. The van der Waals surface area contributed by atoms with E-state index in [1.165, 1.54) is 56.7 Å². The van der Waals surface area contributed by atoms with Gasteiger partial charge in [0, 0.05) is 17.7 Å². The van der Waals surface area contributed by atoms with Gasteiger partial charge >= 0.3 is 11.9 Å². The summed E-state index contributed by atoms with van der Waals surface area (Å²) in [7, 11) is 2.38. The average Bonchev–Trinajstić information content (AvgIpc) is 2.66. The minimum Gasteiger partial charge on any atom is -0.465 e. The van der Waals surface area contributed by atoms with Crippen molar-refractivity contribution in [2.45, 2.75) is 0 Å². The van der Waals surface area contributed by atoms with Crippen molar-refractivity contribution >= 4 is 29.2 Å². The van der Waals surface area contributed by atoms with Crippen molar-refractivity contribution in [3.05, 3.63) is 69.3 Å². The third-order valence-corrected chi connectivity index (χ3v) is 3.43. The second kappa shape index (κ2) is 7.88. The number of nitrogens with one attached hydrogen (secondary N) is 1. The lowest BCUT2D eigenvalue weighted by Gasteiger charge is -2.11. The van der Waals surface area contributed by atoms with Gasteiger partial charge in [-0.3, -0.25) is 14.9 Å². The van der Waals surface area contributed by atoms with E-state index in [-0.39, 0.29) is 28.1 Å². The number of carbonyl (C=O) groups excluding carboxylic acids is 3. The molecule has 0 aliphatic rings. The molecule has 0 spiro atoms. The Balaban J connectivity index is 2.35. The molecule has 0 radical (unpaired) electrons. The molecule has 1 amide bonds. The minimum absolute atomic E-state index is 0.0374. The van der Waals surface area contributed by atoms with Crippen molar-refractivity contribution in [2.75, 3.05) is 19.5 Å². The number of rotatable bonds is 5. The van der Waals surface area contributed by atoms with Gasteiger partial charge in [-0.1, -0.05) is 0 Å². The Bertz CT molecular complexity index is 875. The number of amides is 1. The predicted octanol–water partition coefficient (Wildman–Crippen LogP) is 2.42. The normalized spacial score (nSPS) is 9.92. The van der Waals surface area contributed by atoms with Gasteiger partial charge in [-0.25, -0.2) is 9.59 Å². The van der Waals surface area contributed by atoms with Crippen LogP contribution in [-0.2, 0) is 9.47 Å². The molecule has 134 valence electrons. The maximum Gasteiger partial charge on any atom is 0.339 e. The van der Waals surface area contributed by atoms with E-state index in [2.05, 4.69) is 14.8 Å². The molecular formula is C17H14N2O7. The molecule has 9 heteroatoms. The lowest BCUT2D eigenvalue weighted by atomic mass is 10.1. The fourth-order valence-electron chi connectivity index (χ4n) is 2.11. The number of benzene rings is 2. The first-order valence-corrected chi connectivity index (χ1v) is 7.24. The zero-order valence-electron chi connectivity index (χ0n) is 13.8. The summed E-state index contributed by atoms with van der Waals surface area (Å²) in [5.41, 5.74) is 0.178. The highest BCUT2D eigenvalue weighted by Gasteiger charge is 2.18. The summed E-state index contributed by atoms with van der Waals surface area (Å²) in [5.74, 6) is -1.97. The van der Waals surface area contributed by atoms with Gasteiger partial charge in [0.25, 0.3) is 11.6 Å². The summed E-state index contributed by atoms with van der Waals surface area (Å²) < 4.78 is 9.26. The lowest BCUT2D eigenvalue weighted by molar-refractivity contribution is -0.384. The third kappa shape index (κ3) is 4.01.